The number of rotatable bonds is 5. The molecule has 1 aliphatic heterocycles. The van der Waals surface area contributed by atoms with E-state index >= 15 is 0 Å². The molecule has 1 N–H and O–H groups in total. The van der Waals surface area contributed by atoms with E-state index in [1.165, 1.54) is 51.6 Å². The van der Waals surface area contributed by atoms with E-state index in [9.17, 15) is 0 Å². The first-order chi connectivity index (χ1) is 8.38. The molecule has 0 amide bonds. The Morgan fingerprint density at radius 2 is 1.82 bits per heavy atom. The first-order valence-electron chi connectivity index (χ1n) is 7.23. The van der Waals surface area contributed by atoms with Crippen LogP contribution in [0.2, 0.25) is 0 Å². The molecule has 3 heteroatoms. The lowest BCUT2D eigenvalue weighted by atomic mass is 9.94. The normalized spacial score (nSPS) is 31.6. The Labute approximate surface area is 105 Å². The number of piperidine rings is 1. The molecule has 100 valence electrons. The molecule has 0 bridgehead atoms. The van der Waals surface area contributed by atoms with Crippen LogP contribution in [0.25, 0.3) is 0 Å². The first kappa shape index (κ1) is 13.3. The van der Waals surface area contributed by atoms with E-state index in [-0.39, 0.29) is 0 Å². The highest BCUT2D eigenvalue weighted by molar-refractivity contribution is 4.74. The average molecular weight is 241 g/mol. The average Bonchev–Trinajstić information content (AvgIpc) is 2.40. The lowest BCUT2D eigenvalue weighted by molar-refractivity contribution is -0.0332. The molecule has 1 aliphatic carbocycles. The maximum atomic E-state index is 6.02. The summed E-state index contributed by atoms with van der Waals surface area (Å²) in [6.07, 6.45) is 9.60. The zero-order chi connectivity index (χ0) is 11.9. The van der Waals surface area contributed by atoms with Crippen molar-refractivity contribution < 1.29 is 9.47 Å². The molecule has 17 heavy (non-hydrogen) atoms. The number of hydrogen-bond acceptors (Lipinski definition) is 3. The van der Waals surface area contributed by atoms with Crippen LogP contribution in [-0.2, 0) is 9.47 Å². The van der Waals surface area contributed by atoms with Crippen molar-refractivity contribution in [3.8, 4) is 0 Å². The number of methoxy groups -OCH3 is 1. The fraction of sp³-hybridized carbons (Fsp3) is 1.00. The van der Waals surface area contributed by atoms with Crippen molar-refractivity contribution in [2.45, 2.75) is 57.2 Å². The molecule has 1 saturated carbocycles. The Balaban J connectivity index is 1.57. The standard InChI is InChI=1S/C14H27NO2/c1-16-13-3-2-4-14(11-13)17-10-7-12-5-8-15-9-6-12/h12-15H,2-11H2,1H3. The van der Waals surface area contributed by atoms with Gasteiger partial charge in [-0.3, -0.25) is 0 Å². The maximum Gasteiger partial charge on any atom is 0.0599 e. The lowest BCUT2D eigenvalue weighted by Gasteiger charge is -2.29. The van der Waals surface area contributed by atoms with Gasteiger partial charge in [-0.25, -0.2) is 0 Å². The Bertz CT molecular complexity index is 204. The molecular weight excluding hydrogens is 214 g/mol. The van der Waals surface area contributed by atoms with Crippen molar-refractivity contribution in [1.29, 1.82) is 0 Å². The third-order valence-electron chi connectivity index (χ3n) is 4.25. The van der Waals surface area contributed by atoms with E-state index in [1.807, 2.05) is 7.11 Å². The van der Waals surface area contributed by atoms with Crippen LogP contribution >= 0.6 is 0 Å². The summed E-state index contributed by atoms with van der Waals surface area (Å²) in [5.74, 6) is 0.887. The fourth-order valence-electron chi connectivity index (χ4n) is 3.04. The van der Waals surface area contributed by atoms with E-state index < -0.39 is 0 Å². The van der Waals surface area contributed by atoms with Crippen LogP contribution in [0.4, 0.5) is 0 Å². The number of hydrogen-bond donors (Lipinski definition) is 1. The summed E-state index contributed by atoms with van der Waals surface area (Å²) >= 11 is 0. The third kappa shape index (κ3) is 4.57. The van der Waals surface area contributed by atoms with E-state index in [4.69, 9.17) is 9.47 Å². The van der Waals surface area contributed by atoms with Gasteiger partial charge in [0.2, 0.25) is 0 Å². The molecule has 2 fully saturated rings. The smallest absolute Gasteiger partial charge is 0.0599 e. The number of nitrogens with one attached hydrogen (secondary N) is 1. The largest absolute Gasteiger partial charge is 0.381 e. The van der Waals surface area contributed by atoms with Crippen LogP contribution < -0.4 is 5.32 Å². The van der Waals surface area contributed by atoms with E-state index in [0.29, 0.717) is 12.2 Å². The van der Waals surface area contributed by atoms with Crippen molar-refractivity contribution in [1.82, 2.24) is 5.32 Å². The second-order valence-corrected chi connectivity index (χ2v) is 5.50. The van der Waals surface area contributed by atoms with Crippen molar-refractivity contribution >= 4 is 0 Å². The molecule has 3 nitrogen and oxygen atoms in total. The topological polar surface area (TPSA) is 30.5 Å². The molecule has 2 aliphatic rings. The molecule has 0 aromatic rings. The molecule has 0 aromatic heterocycles. The summed E-state index contributed by atoms with van der Waals surface area (Å²) in [7, 11) is 1.82. The monoisotopic (exact) mass is 241 g/mol. The van der Waals surface area contributed by atoms with Gasteiger partial charge in [0.1, 0.15) is 0 Å². The number of ether oxygens (including phenoxy) is 2. The van der Waals surface area contributed by atoms with Gasteiger partial charge in [-0.1, -0.05) is 0 Å². The van der Waals surface area contributed by atoms with Crippen LogP contribution in [0.1, 0.15) is 44.9 Å². The fourth-order valence-corrected chi connectivity index (χ4v) is 3.04. The van der Waals surface area contributed by atoms with Gasteiger partial charge in [0.25, 0.3) is 0 Å². The van der Waals surface area contributed by atoms with Crippen LogP contribution in [0.5, 0.6) is 0 Å². The quantitative estimate of drug-likeness (QED) is 0.801. The minimum atomic E-state index is 0.438. The van der Waals surface area contributed by atoms with Gasteiger partial charge in [-0.2, -0.15) is 0 Å². The van der Waals surface area contributed by atoms with Gasteiger partial charge in [-0.05, 0) is 64.0 Å². The van der Waals surface area contributed by atoms with Crippen molar-refractivity contribution in [2.75, 3.05) is 26.8 Å². The van der Waals surface area contributed by atoms with Crippen molar-refractivity contribution in [3.05, 3.63) is 0 Å². The van der Waals surface area contributed by atoms with Gasteiger partial charge in [0.05, 0.1) is 12.2 Å². The molecule has 2 atom stereocenters. The van der Waals surface area contributed by atoms with Gasteiger partial charge in [0.15, 0.2) is 0 Å². The maximum absolute atomic E-state index is 6.02. The minimum absolute atomic E-state index is 0.438. The molecule has 0 radical (unpaired) electrons. The van der Waals surface area contributed by atoms with E-state index in [2.05, 4.69) is 5.32 Å². The van der Waals surface area contributed by atoms with E-state index in [0.717, 1.165) is 18.9 Å². The highest BCUT2D eigenvalue weighted by Crippen LogP contribution is 2.24. The Kier molecular flexibility index (Phi) is 5.75. The minimum Gasteiger partial charge on any atom is -0.381 e. The summed E-state index contributed by atoms with van der Waals surface area (Å²) in [4.78, 5) is 0. The summed E-state index contributed by atoms with van der Waals surface area (Å²) in [5, 5.41) is 3.41. The molecule has 0 spiro atoms. The predicted octanol–water partition coefficient (Wildman–Crippen LogP) is 2.35. The van der Waals surface area contributed by atoms with Crippen molar-refractivity contribution in [2.24, 2.45) is 5.92 Å². The Morgan fingerprint density at radius 3 is 2.59 bits per heavy atom. The lowest BCUT2D eigenvalue weighted by Crippen LogP contribution is -2.30. The first-order valence-corrected chi connectivity index (χ1v) is 7.23. The molecular formula is C14H27NO2. The highest BCUT2D eigenvalue weighted by atomic mass is 16.5. The van der Waals surface area contributed by atoms with Gasteiger partial charge >= 0.3 is 0 Å². The molecule has 2 unspecified atom stereocenters. The van der Waals surface area contributed by atoms with Crippen LogP contribution in [0.3, 0.4) is 0 Å². The van der Waals surface area contributed by atoms with Gasteiger partial charge in [0, 0.05) is 13.7 Å². The summed E-state index contributed by atoms with van der Waals surface area (Å²) in [5.41, 5.74) is 0. The molecule has 1 saturated heterocycles. The Morgan fingerprint density at radius 1 is 1.06 bits per heavy atom. The summed E-state index contributed by atoms with van der Waals surface area (Å²) in [6.45, 7) is 3.34. The molecule has 2 rings (SSSR count). The third-order valence-corrected chi connectivity index (χ3v) is 4.25. The van der Waals surface area contributed by atoms with Crippen LogP contribution in [0, 0.1) is 5.92 Å². The summed E-state index contributed by atoms with van der Waals surface area (Å²) < 4.78 is 11.4. The summed E-state index contributed by atoms with van der Waals surface area (Å²) in [6, 6.07) is 0. The second-order valence-electron chi connectivity index (χ2n) is 5.50. The SMILES string of the molecule is COC1CCCC(OCCC2CCNCC2)C1. The van der Waals surface area contributed by atoms with E-state index in [1.54, 1.807) is 0 Å². The van der Waals surface area contributed by atoms with Crippen LogP contribution in [0.15, 0.2) is 0 Å². The second kappa shape index (κ2) is 7.34. The predicted molar refractivity (Wildman–Crippen MR) is 69.2 cm³/mol. The highest BCUT2D eigenvalue weighted by Gasteiger charge is 2.22. The van der Waals surface area contributed by atoms with Crippen molar-refractivity contribution in [3.63, 3.8) is 0 Å². The van der Waals surface area contributed by atoms with Crippen LogP contribution in [-0.4, -0.2) is 39.0 Å². The Hall–Kier alpha value is -0.120. The zero-order valence-electron chi connectivity index (χ0n) is 11.1. The van der Waals surface area contributed by atoms with Gasteiger partial charge in [-0.15, -0.1) is 0 Å². The zero-order valence-corrected chi connectivity index (χ0v) is 11.1. The molecule has 0 aromatic carbocycles. The molecule has 1 heterocycles. The van der Waals surface area contributed by atoms with Gasteiger partial charge < -0.3 is 14.8 Å².